The molecule has 23 heavy (non-hydrogen) atoms. The molecule has 5 nitrogen and oxygen atoms in total. The molecule has 1 aromatic carbocycles. The minimum absolute atomic E-state index is 0.0349. The number of aryl methyl sites for hydroxylation is 1. The predicted octanol–water partition coefficient (Wildman–Crippen LogP) is 3.28. The molecular weight excluding hydrogens is 310 g/mol. The Morgan fingerprint density at radius 2 is 2.35 bits per heavy atom. The minimum atomic E-state index is -0.162. The number of nitrogens with zero attached hydrogens (tertiary/aromatic N) is 1. The third-order valence-electron chi connectivity index (χ3n) is 3.74. The summed E-state index contributed by atoms with van der Waals surface area (Å²) in [7, 11) is 0. The second-order valence-corrected chi connectivity index (χ2v) is 6.68. The molecule has 1 heterocycles. The summed E-state index contributed by atoms with van der Waals surface area (Å²) < 4.78 is 5.62. The zero-order valence-corrected chi connectivity index (χ0v) is 13.9. The van der Waals surface area contributed by atoms with Crippen LogP contribution in [0.3, 0.4) is 0 Å². The molecule has 0 radical (unpaired) electrons. The molecule has 2 aromatic rings. The summed E-state index contributed by atoms with van der Waals surface area (Å²) in [4.78, 5) is 16.4. The number of hydrogen-bond acceptors (Lipinski definition) is 4. The van der Waals surface area contributed by atoms with Crippen molar-refractivity contribution in [2.24, 2.45) is 5.92 Å². The average Bonchev–Trinajstić information content (AvgIpc) is 3.23. The number of benzene rings is 1. The number of ether oxygens (including phenoxy) is 1. The molecule has 1 atom stereocenters. The minimum Gasteiger partial charge on any atom is -0.492 e. The summed E-state index contributed by atoms with van der Waals surface area (Å²) in [5.74, 6) is 1.35. The van der Waals surface area contributed by atoms with Gasteiger partial charge in [0, 0.05) is 11.6 Å². The van der Waals surface area contributed by atoms with Crippen LogP contribution in [0.1, 0.15) is 29.5 Å². The van der Waals surface area contributed by atoms with Crippen molar-refractivity contribution in [1.82, 2.24) is 15.6 Å². The molecule has 1 saturated carbocycles. The number of urea groups is 1. The normalized spacial score (nSPS) is 15.0. The van der Waals surface area contributed by atoms with E-state index in [9.17, 15) is 4.79 Å². The summed E-state index contributed by atoms with van der Waals surface area (Å²) >= 11 is 1.59. The maximum absolute atomic E-state index is 12.0. The number of carbonyl (C=O) groups excluding carboxylic acids is 1. The van der Waals surface area contributed by atoms with Gasteiger partial charge in [0.15, 0.2) is 0 Å². The van der Waals surface area contributed by atoms with Crippen molar-refractivity contribution >= 4 is 17.4 Å². The van der Waals surface area contributed by atoms with Crippen LogP contribution < -0.4 is 15.4 Å². The molecule has 0 saturated heterocycles. The highest BCUT2D eigenvalue weighted by atomic mass is 32.1. The van der Waals surface area contributed by atoms with Gasteiger partial charge in [0.25, 0.3) is 0 Å². The Hall–Kier alpha value is -2.08. The Morgan fingerprint density at radius 1 is 1.48 bits per heavy atom. The van der Waals surface area contributed by atoms with Crippen LogP contribution in [0, 0.1) is 12.8 Å². The van der Waals surface area contributed by atoms with Gasteiger partial charge in [0.2, 0.25) is 0 Å². The summed E-state index contributed by atoms with van der Waals surface area (Å²) in [6, 6.07) is 7.75. The van der Waals surface area contributed by atoms with Gasteiger partial charge in [-0.1, -0.05) is 12.1 Å². The van der Waals surface area contributed by atoms with Crippen LogP contribution in [-0.2, 0) is 0 Å². The number of aromatic nitrogens is 1. The second kappa shape index (κ2) is 7.46. The maximum Gasteiger partial charge on any atom is 0.315 e. The summed E-state index contributed by atoms with van der Waals surface area (Å²) in [5.41, 5.74) is 1.16. The van der Waals surface area contributed by atoms with Crippen molar-refractivity contribution in [3.63, 3.8) is 0 Å². The first kappa shape index (κ1) is 15.8. The Kier molecular flexibility index (Phi) is 5.12. The Bertz CT molecular complexity index is 641. The highest BCUT2D eigenvalue weighted by molar-refractivity contribution is 7.09. The number of thiazole rings is 1. The average molecular weight is 331 g/mol. The van der Waals surface area contributed by atoms with Gasteiger partial charge in [-0.15, -0.1) is 11.3 Å². The lowest BCUT2D eigenvalue weighted by molar-refractivity contribution is 0.231. The third-order valence-corrected chi connectivity index (χ3v) is 4.60. The second-order valence-electron chi connectivity index (χ2n) is 5.75. The number of nitrogens with one attached hydrogen (secondary N) is 2. The first-order valence-corrected chi connectivity index (χ1v) is 8.73. The van der Waals surface area contributed by atoms with Crippen LogP contribution in [0.25, 0.3) is 0 Å². The molecule has 1 unspecified atom stereocenters. The van der Waals surface area contributed by atoms with Gasteiger partial charge in [0.05, 0.1) is 12.6 Å². The molecular formula is C17H21N3O2S. The fraction of sp³-hybridized carbons (Fsp3) is 0.412. The quantitative estimate of drug-likeness (QED) is 0.765. The molecule has 1 aliphatic rings. The first-order chi connectivity index (χ1) is 11.2. The van der Waals surface area contributed by atoms with Gasteiger partial charge in [-0.2, -0.15) is 0 Å². The molecule has 0 aliphatic heterocycles. The number of carbonyl (C=O) groups is 1. The molecule has 1 fully saturated rings. The molecule has 1 aromatic heterocycles. The molecule has 2 N–H and O–H groups in total. The lowest BCUT2D eigenvalue weighted by Gasteiger charge is -2.16. The number of rotatable bonds is 7. The monoisotopic (exact) mass is 331 g/mol. The first-order valence-electron chi connectivity index (χ1n) is 7.85. The summed E-state index contributed by atoms with van der Waals surface area (Å²) in [6.07, 6.45) is 4.09. The lowest BCUT2D eigenvalue weighted by Crippen LogP contribution is -2.40. The SMILES string of the molecule is Cc1cccc(OCCNC(=O)NC(c2nccs2)C2CC2)c1. The zero-order valence-electron chi connectivity index (χ0n) is 13.1. The van der Waals surface area contributed by atoms with Gasteiger partial charge in [-0.25, -0.2) is 9.78 Å². The van der Waals surface area contributed by atoms with Crippen molar-refractivity contribution in [2.75, 3.05) is 13.2 Å². The Morgan fingerprint density at radius 3 is 3.04 bits per heavy atom. The zero-order chi connectivity index (χ0) is 16.1. The molecule has 3 rings (SSSR count). The van der Waals surface area contributed by atoms with Crippen molar-refractivity contribution in [3.8, 4) is 5.75 Å². The predicted molar refractivity (Wildman–Crippen MR) is 90.8 cm³/mol. The van der Waals surface area contributed by atoms with E-state index >= 15 is 0 Å². The highest BCUT2D eigenvalue weighted by Crippen LogP contribution is 2.41. The van der Waals surface area contributed by atoms with E-state index in [1.165, 1.54) is 0 Å². The van der Waals surface area contributed by atoms with Crippen molar-refractivity contribution < 1.29 is 9.53 Å². The number of amides is 2. The van der Waals surface area contributed by atoms with Gasteiger partial charge in [-0.05, 0) is 43.4 Å². The van der Waals surface area contributed by atoms with Crippen molar-refractivity contribution in [2.45, 2.75) is 25.8 Å². The third kappa shape index (κ3) is 4.69. The van der Waals surface area contributed by atoms with Crippen LogP contribution in [0.5, 0.6) is 5.75 Å². The van der Waals surface area contributed by atoms with Crippen LogP contribution in [0.4, 0.5) is 4.79 Å². The lowest BCUT2D eigenvalue weighted by atomic mass is 10.2. The summed E-state index contributed by atoms with van der Waals surface area (Å²) in [6.45, 7) is 2.94. The largest absolute Gasteiger partial charge is 0.492 e. The van der Waals surface area contributed by atoms with E-state index in [-0.39, 0.29) is 12.1 Å². The van der Waals surface area contributed by atoms with Crippen molar-refractivity contribution in [1.29, 1.82) is 0 Å². The fourth-order valence-corrected chi connectivity index (χ4v) is 3.21. The molecule has 0 spiro atoms. The van der Waals surface area contributed by atoms with E-state index < -0.39 is 0 Å². The summed E-state index contributed by atoms with van der Waals surface area (Å²) in [5, 5.41) is 8.81. The molecule has 6 heteroatoms. The van der Waals surface area contributed by atoms with Gasteiger partial charge in [0.1, 0.15) is 17.4 Å². The van der Waals surface area contributed by atoms with Gasteiger partial charge in [-0.3, -0.25) is 0 Å². The van der Waals surface area contributed by atoms with E-state index in [2.05, 4.69) is 15.6 Å². The number of hydrogen-bond donors (Lipinski definition) is 2. The van der Waals surface area contributed by atoms with Crippen LogP contribution in [0.2, 0.25) is 0 Å². The van der Waals surface area contributed by atoms with Gasteiger partial charge < -0.3 is 15.4 Å². The van der Waals surface area contributed by atoms with E-state index in [1.54, 1.807) is 17.5 Å². The van der Waals surface area contributed by atoms with E-state index in [0.717, 1.165) is 29.2 Å². The van der Waals surface area contributed by atoms with Crippen LogP contribution in [-0.4, -0.2) is 24.2 Å². The van der Waals surface area contributed by atoms with E-state index in [4.69, 9.17) is 4.74 Å². The van der Waals surface area contributed by atoms with Crippen LogP contribution in [0.15, 0.2) is 35.8 Å². The van der Waals surface area contributed by atoms with Gasteiger partial charge >= 0.3 is 6.03 Å². The van der Waals surface area contributed by atoms with Crippen LogP contribution >= 0.6 is 11.3 Å². The maximum atomic E-state index is 12.0. The fourth-order valence-electron chi connectivity index (χ4n) is 2.43. The Balaban J connectivity index is 1.41. The molecule has 1 aliphatic carbocycles. The Labute approximate surface area is 140 Å². The molecule has 0 bridgehead atoms. The molecule has 122 valence electrons. The molecule has 2 amide bonds. The van der Waals surface area contributed by atoms with E-state index in [0.29, 0.717) is 19.1 Å². The van der Waals surface area contributed by atoms with E-state index in [1.807, 2.05) is 36.6 Å². The smallest absolute Gasteiger partial charge is 0.315 e. The topological polar surface area (TPSA) is 63.2 Å². The highest BCUT2D eigenvalue weighted by Gasteiger charge is 2.34. The standard InChI is InChI=1S/C17H21N3O2S/c1-12-3-2-4-14(11-12)22-9-7-19-17(21)20-15(13-5-6-13)16-18-8-10-23-16/h2-4,8,10-11,13,15H,5-7,9H2,1H3,(H2,19,20,21). The van der Waals surface area contributed by atoms with Crippen molar-refractivity contribution in [3.05, 3.63) is 46.4 Å².